The van der Waals surface area contributed by atoms with E-state index in [1.807, 2.05) is 68.4 Å². The molecule has 2 N–H and O–H groups in total. The van der Waals surface area contributed by atoms with E-state index in [0.717, 1.165) is 16.9 Å². The highest BCUT2D eigenvalue weighted by Crippen LogP contribution is 2.28. The van der Waals surface area contributed by atoms with E-state index in [-0.39, 0.29) is 17.9 Å². The van der Waals surface area contributed by atoms with Crippen molar-refractivity contribution in [2.75, 3.05) is 7.11 Å². The van der Waals surface area contributed by atoms with E-state index < -0.39 is 6.10 Å². The number of carbonyl (C=O) groups is 1. The molecule has 0 aliphatic carbocycles. The Bertz CT molecular complexity index is 672. The van der Waals surface area contributed by atoms with Crippen LogP contribution in [0.1, 0.15) is 49.8 Å². The summed E-state index contributed by atoms with van der Waals surface area (Å²) in [5.41, 5.74) is 1.89. The van der Waals surface area contributed by atoms with E-state index in [1.165, 1.54) is 0 Å². The maximum absolute atomic E-state index is 12.3. The van der Waals surface area contributed by atoms with Crippen LogP contribution in [0.4, 0.5) is 0 Å². The molecular weight excluding hydrogens is 314 g/mol. The summed E-state index contributed by atoms with van der Waals surface area (Å²) in [5.74, 6) is 0.837. The van der Waals surface area contributed by atoms with Gasteiger partial charge in [-0.2, -0.15) is 0 Å². The van der Waals surface area contributed by atoms with Gasteiger partial charge in [-0.1, -0.05) is 55.5 Å². The number of hydrogen-bond donors (Lipinski definition) is 2. The standard InChI is InChI=1S/C21H27NO3/c1-15(18-11-7-8-12-20(18)25-3)13-21(24)22-16(2)14-19(23)17-9-5-4-6-10-17/h4-12,15-16,19,23H,13-14H2,1-3H3,(H,22,24). The highest BCUT2D eigenvalue weighted by atomic mass is 16.5. The molecule has 0 spiro atoms. The van der Waals surface area contributed by atoms with E-state index in [2.05, 4.69) is 5.32 Å². The molecule has 0 bridgehead atoms. The number of amides is 1. The van der Waals surface area contributed by atoms with E-state index in [9.17, 15) is 9.90 Å². The molecule has 0 aliphatic rings. The number of nitrogens with one attached hydrogen (secondary N) is 1. The molecule has 2 aromatic carbocycles. The van der Waals surface area contributed by atoms with Gasteiger partial charge in [0.2, 0.25) is 5.91 Å². The van der Waals surface area contributed by atoms with Crippen LogP contribution in [0.15, 0.2) is 54.6 Å². The summed E-state index contributed by atoms with van der Waals surface area (Å²) >= 11 is 0. The van der Waals surface area contributed by atoms with Gasteiger partial charge < -0.3 is 15.2 Å². The summed E-state index contributed by atoms with van der Waals surface area (Å²) < 4.78 is 5.37. The molecule has 25 heavy (non-hydrogen) atoms. The predicted octanol–water partition coefficient (Wildman–Crippen LogP) is 3.82. The minimum atomic E-state index is -0.580. The number of methoxy groups -OCH3 is 1. The summed E-state index contributed by atoms with van der Waals surface area (Å²) in [7, 11) is 1.64. The molecule has 0 radical (unpaired) electrons. The minimum absolute atomic E-state index is 0.0221. The Hall–Kier alpha value is -2.33. The van der Waals surface area contributed by atoms with Gasteiger partial charge >= 0.3 is 0 Å². The summed E-state index contributed by atoms with van der Waals surface area (Å²) in [6.45, 7) is 3.93. The van der Waals surface area contributed by atoms with E-state index in [0.29, 0.717) is 12.8 Å². The lowest BCUT2D eigenvalue weighted by molar-refractivity contribution is -0.122. The van der Waals surface area contributed by atoms with Gasteiger partial charge in [0, 0.05) is 12.5 Å². The third kappa shape index (κ3) is 5.61. The van der Waals surface area contributed by atoms with Crippen molar-refractivity contribution in [3.8, 4) is 5.75 Å². The summed E-state index contributed by atoms with van der Waals surface area (Å²) in [4.78, 5) is 12.3. The molecule has 0 heterocycles. The number of ether oxygens (including phenoxy) is 1. The van der Waals surface area contributed by atoms with E-state index in [1.54, 1.807) is 7.11 Å². The number of rotatable bonds is 8. The molecule has 2 aromatic rings. The molecule has 0 aromatic heterocycles. The number of hydrogen-bond acceptors (Lipinski definition) is 3. The maximum Gasteiger partial charge on any atom is 0.220 e. The Morgan fingerprint density at radius 1 is 1.08 bits per heavy atom. The molecule has 4 heteroatoms. The van der Waals surface area contributed by atoms with Crippen LogP contribution in [0.2, 0.25) is 0 Å². The summed E-state index contributed by atoms with van der Waals surface area (Å²) in [6.07, 6.45) is 0.286. The van der Waals surface area contributed by atoms with Crippen molar-refractivity contribution in [2.24, 2.45) is 0 Å². The summed E-state index contributed by atoms with van der Waals surface area (Å²) in [6, 6.07) is 17.2. The molecule has 4 nitrogen and oxygen atoms in total. The Balaban J connectivity index is 1.86. The number of aliphatic hydroxyl groups excluding tert-OH is 1. The van der Waals surface area contributed by atoms with Crippen LogP contribution in [0.3, 0.4) is 0 Å². The second kappa shape index (κ2) is 9.23. The van der Waals surface area contributed by atoms with Crippen molar-refractivity contribution in [3.63, 3.8) is 0 Å². The third-order valence-electron chi connectivity index (χ3n) is 4.33. The Labute approximate surface area is 149 Å². The number of aliphatic hydroxyl groups is 1. The maximum atomic E-state index is 12.3. The van der Waals surface area contributed by atoms with E-state index >= 15 is 0 Å². The van der Waals surface area contributed by atoms with Crippen molar-refractivity contribution in [1.29, 1.82) is 0 Å². The minimum Gasteiger partial charge on any atom is -0.496 e. The molecule has 2 rings (SSSR count). The van der Waals surface area contributed by atoms with Crippen LogP contribution in [-0.2, 0) is 4.79 Å². The normalized spacial score (nSPS) is 14.4. The van der Waals surface area contributed by atoms with Crippen molar-refractivity contribution in [1.82, 2.24) is 5.32 Å². The molecule has 0 aliphatic heterocycles. The lowest BCUT2D eigenvalue weighted by Crippen LogP contribution is -2.34. The molecule has 134 valence electrons. The van der Waals surface area contributed by atoms with Crippen LogP contribution in [0.25, 0.3) is 0 Å². The zero-order chi connectivity index (χ0) is 18.2. The average molecular weight is 341 g/mol. The fourth-order valence-corrected chi connectivity index (χ4v) is 3.00. The lowest BCUT2D eigenvalue weighted by Gasteiger charge is -2.20. The lowest BCUT2D eigenvalue weighted by atomic mass is 9.96. The zero-order valence-electron chi connectivity index (χ0n) is 15.1. The predicted molar refractivity (Wildman–Crippen MR) is 99.6 cm³/mol. The molecule has 0 saturated carbocycles. The van der Waals surface area contributed by atoms with Gasteiger partial charge in [0.1, 0.15) is 5.75 Å². The van der Waals surface area contributed by atoms with Crippen molar-refractivity contribution in [3.05, 3.63) is 65.7 Å². The Morgan fingerprint density at radius 2 is 1.72 bits per heavy atom. The van der Waals surface area contributed by atoms with Gasteiger partial charge in [-0.15, -0.1) is 0 Å². The van der Waals surface area contributed by atoms with Crippen LogP contribution < -0.4 is 10.1 Å². The molecule has 3 atom stereocenters. The molecule has 0 fully saturated rings. The fourth-order valence-electron chi connectivity index (χ4n) is 3.00. The molecule has 3 unspecified atom stereocenters. The van der Waals surface area contributed by atoms with Crippen molar-refractivity contribution >= 4 is 5.91 Å². The SMILES string of the molecule is COc1ccccc1C(C)CC(=O)NC(C)CC(O)c1ccccc1. The first-order valence-electron chi connectivity index (χ1n) is 8.66. The van der Waals surface area contributed by atoms with E-state index in [4.69, 9.17) is 4.74 Å². The number of benzene rings is 2. The quantitative estimate of drug-likeness (QED) is 0.767. The number of carbonyl (C=O) groups excluding carboxylic acids is 1. The van der Waals surface area contributed by atoms with Gasteiger partial charge in [0.05, 0.1) is 13.2 Å². The van der Waals surface area contributed by atoms with Gasteiger partial charge in [-0.25, -0.2) is 0 Å². The molecule has 0 saturated heterocycles. The monoisotopic (exact) mass is 341 g/mol. The van der Waals surface area contributed by atoms with Gasteiger partial charge in [0.15, 0.2) is 0 Å². The molecular formula is C21H27NO3. The van der Waals surface area contributed by atoms with Crippen LogP contribution >= 0.6 is 0 Å². The highest BCUT2D eigenvalue weighted by Gasteiger charge is 2.18. The van der Waals surface area contributed by atoms with Crippen molar-refractivity contribution < 1.29 is 14.6 Å². The van der Waals surface area contributed by atoms with Crippen LogP contribution in [0.5, 0.6) is 5.75 Å². The first-order chi connectivity index (χ1) is 12.0. The Morgan fingerprint density at radius 3 is 2.40 bits per heavy atom. The van der Waals surface area contributed by atoms with Crippen LogP contribution in [-0.4, -0.2) is 24.2 Å². The van der Waals surface area contributed by atoms with Gasteiger partial charge in [-0.3, -0.25) is 4.79 Å². The zero-order valence-corrected chi connectivity index (χ0v) is 15.1. The highest BCUT2D eigenvalue weighted by molar-refractivity contribution is 5.77. The second-order valence-electron chi connectivity index (χ2n) is 6.48. The largest absolute Gasteiger partial charge is 0.496 e. The first kappa shape index (κ1) is 19.0. The molecule has 1 amide bonds. The summed E-state index contributed by atoms with van der Waals surface area (Å²) in [5, 5.41) is 13.2. The van der Waals surface area contributed by atoms with Crippen LogP contribution in [0, 0.1) is 0 Å². The smallest absolute Gasteiger partial charge is 0.220 e. The van der Waals surface area contributed by atoms with Gasteiger partial charge in [0.25, 0.3) is 0 Å². The average Bonchev–Trinajstić information content (AvgIpc) is 2.62. The fraction of sp³-hybridized carbons (Fsp3) is 0.381. The third-order valence-corrected chi connectivity index (χ3v) is 4.33. The number of para-hydroxylation sites is 1. The first-order valence-corrected chi connectivity index (χ1v) is 8.66. The second-order valence-corrected chi connectivity index (χ2v) is 6.48. The topological polar surface area (TPSA) is 58.6 Å². The Kier molecular flexibility index (Phi) is 7.02. The van der Waals surface area contributed by atoms with Gasteiger partial charge in [-0.05, 0) is 36.5 Å². The van der Waals surface area contributed by atoms with Crippen molar-refractivity contribution in [2.45, 2.75) is 44.8 Å².